The molecule has 2 aliphatic heterocycles. The van der Waals surface area contributed by atoms with Gasteiger partial charge in [-0.25, -0.2) is 0 Å². The molecule has 5 rings (SSSR count). The Morgan fingerprint density at radius 1 is 0.871 bits per heavy atom. The molecule has 31 heavy (non-hydrogen) atoms. The van der Waals surface area contributed by atoms with Crippen molar-refractivity contribution >= 4 is 11.8 Å². The molecule has 0 fully saturated rings. The molecule has 0 saturated carbocycles. The number of para-hydroxylation sites is 1. The Kier molecular flexibility index (Phi) is 6.29. The van der Waals surface area contributed by atoms with Crippen LogP contribution in [0, 0.1) is 6.92 Å². The molecule has 0 N–H and O–H groups in total. The van der Waals surface area contributed by atoms with Gasteiger partial charge in [-0.05, 0) is 48.4 Å². The summed E-state index contributed by atoms with van der Waals surface area (Å²) in [5.74, 6) is 1.01. The van der Waals surface area contributed by atoms with E-state index in [1.807, 2.05) is 43.3 Å². The summed E-state index contributed by atoms with van der Waals surface area (Å²) in [6, 6.07) is 22.5. The number of imide groups is 1. The van der Waals surface area contributed by atoms with Gasteiger partial charge in [-0.15, -0.1) is 5.06 Å². The third kappa shape index (κ3) is 4.75. The maximum atomic E-state index is 12.1. The van der Waals surface area contributed by atoms with Crippen LogP contribution in [-0.4, -0.2) is 30.1 Å². The van der Waals surface area contributed by atoms with Crippen LogP contribution in [0.4, 0.5) is 0 Å². The number of hydrogen-bond acceptors (Lipinski definition) is 5. The Morgan fingerprint density at radius 2 is 1.58 bits per heavy atom. The van der Waals surface area contributed by atoms with Crippen LogP contribution in [0.2, 0.25) is 0 Å². The second kappa shape index (κ2) is 9.45. The van der Waals surface area contributed by atoms with Gasteiger partial charge in [0, 0.05) is 6.42 Å². The summed E-state index contributed by atoms with van der Waals surface area (Å²) < 4.78 is 10.8. The number of carbonyl (C=O) groups excluding carboxylic acids is 2. The van der Waals surface area contributed by atoms with Gasteiger partial charge in [-0.3, -0.25) is 14.4 Å². The SMILES string of the molecule is Cc1ccccc1OCCCON1C(=O)c2ccccc2C1=O.c1cc2cc(c1)OC2. The largest absolute Gasteiger partial charge is 0.493 e. The zero-order valence-electron chi connectivity index (χ0n) is 17.2. The van der Waals surface area contributed by atoms with Crippen LogP contribution in [0.15, 0.2) is 72.8 Å². The second-order valence-corrected chi connectivity index (χ2v) is 7.19. The summed E-state index contributed by atoms with van der Waals surface area (Å²) >= 11 is 0. The van der Waals surface area contributed by atoms with Crippen molar-refractivity contribution in [2.45, 2.75) is 20.0 Å². The lowest BCUT2D eigenvalue weighted by atomic mass is 10.1. The molecule has 158 valence electrons. The smallest absolute Gasteiger partial charge is 0.285 e. The molecule has 0 aliphatic carbocycles. The quantitative estimate of drug-likeness (QED) is 0.434. The minimum atomic E-state index is -0.412. The predicted octanol–water partition coefficient (Wildman–Crippen LogP) is 4.57. The van der Waals surface area contributed by atoms with Gasteiger partial charge in [-0.1, -0.05) is 42.5 Å². The third-order valence-corrected chi connectivity index (χ3v) is 4.92. The van der Waals surface area contributed by atoms with Crippen LogP contribution in [0.3, 0.4) is 0 Å². The Morgan fingerprint density at radius 3 is 2.26 bits per heavy atom. The van der Waals surface area contributed by atoms with E-state index in [9.17, 15) is 9.59 Å². The minimum absolute atomic E-state index is 0.233. The lowest BCUT2D eigenvalue weighted by Gasteiger charge is -2.14. The number of hydroxylamine groups is 2. The van der Waals surface area contributed by atoms with E-state index in [0.29, 0.717) is 24.2 Å². The number of ether oxygens (including phenoxy) is 2. The Hall–Kier alpha value is -3.64. The van der Waals surface area contributed by atoms with E-state index in [1.54, 1.807) is 24.3 Å². The highest BCUT2D eigenvalue weighted by Crippen LogP contribution is 2.23. The fourth-order valence-corrected chi connectivity index (χ4v) is 3.29. The molecule has 6 heteroatoms. The van der Waals surface area contributed by atoms with Crippen molar-refractivity contribution in [3.05, 3.63) is 95.1 Å². The Bertz CT molecular complexity index is 1040. The van der Waals surface area contributed by atoms with Gasteiger partial charge in [0.2, 0.25) is 0 Å². The van der Waals surface area contributed by atoms with Gasteiger partial charge in [0.1, 0.15) is 18.1 Å². The van der Waals surface area contributed by atoms with Crippen molar-refractivity contribution in [1.29, 1.82) is 0 Å². The van der Waals surface area contributed by atoms with E-state index in [2.05, 4.69) is 12.1 Å². The number of rotatable bonds is 6. The van der Waals surface area contributed by atoms with Crippen LogP contribution < -0.4 is 9.47 Å². The van der Waals surface area contributed by atoms with Crippen molar-refractivity contribution in [3.8, 4) is 11.5 Å². The summed E-state index contributed by atoms with van der Waals surface area (Å²) in [4.78, 5) is 29.5. The van der Waals surface area contributed by atoms with Crippen molar-refractivity contribution < 1.29 is 23.9 Å². The average molecular weight is 417 g/mol. The summed E-state index contributed by atoms with van der Waals surface area (Å²) in [6.45, 7) is 3.43. The number of nitrogens with zero attached hydrogens (tertiary/aromatic N) is 1. The fraction of sp³-hybridized carbons (Fsp3) is 0.200. The molecule has 0 radical (unpaired) electrons. The zero-order chi connectivity index (χ0) is 21.6. The lowest BCUT2D eigenvalue weighted by molar-refractivity contribution is -0.0935. The second-order valence-electron chi connectivity index (χ2n) is 7.19. The van der Waals surface area contributed by atoms with E-state index in [1.165, 1.54) is 5.56 Å². The molecule has 2 bridgehead atoms. The molecule has 2 amide bonds. The topological polar surface area (TPSA) is 65.1 Å². The number of hydrogen-bond donors (Lipinski definition) is 0. The fourth-order valence-electron chi connectivity index (χ4n) is 3.29. The first-order valence-electron chi connectivity index (χ1n) is 10.1. The monoisotopic (exact) mass is 417 g/mol. The molecule has 3 aromatic carbocycles. The average Bonchev–Trinajstić information content (AvgIpc) is 3.25. The molecule has 6 nitrogen and oxygen atoms in total. The van der Waals surface area contributed by atoms with Crippen LogP contribution in [-0.2, 0) is 11.4 Å². The number of carbonyl (C=O) groups is 2. The predicted molar refractivity (Wildman–Crippen MR) is 115 cm³/mol. The number of benzene rings is 3. The molecule has 2 heterocycles. The van der Waals surface area contributed by atoms with E-state index in [0.717, 1.165) is 28.7 Å². The molecule has 0 saturated heterocycles. The van der Waals surface area contributed by atoms with Gasteiger partial charge in [0.05, 0.1) is 24.3 Å². The van der Waals surface area contributed by atoms with Gasteiger partial charge >= 0.3 is 0 Å². The van der Waals surface area contributed by atoms with Crippen molar-refractivity contribution in [1.82, 2.24) is 5.06 Å². The molecular weight excluding hydrogens is 394 g/mol. The van der Waals surface area contributed by atoms with Crippen LogP contribution in [0.5, 0.6) is 11.5 Å². The van der Waals surface area contributed by atoms with Crippen LogP contribution >= 0.6 is 0 Å². The summed E-state index contributed by atoms with van der Waals surface area (Å²) in [5.41, 5.74) is 3.11. The van der Waals surface area contributed by atoms with Crippen LogP contribution in [0.1, 0.15) is 38.3 Å². The standard InChI is InChI=1S/C18H17NO4.C7H6O/c1-13-7-2-5-10-16(13)22-11-6-12-23-19-17(20)14-8-3-4-9-15(14)18(19)21;1-2-6-4-7(3-1)8-5-6/h2-5,7-10H,6,11-12H2,1H3;1-4H,5H2. The van der Waals surface area contributed by atoms with E-state index in [4.69, 9.17) is 14.3 Å². The first kappa shape index (κ1) is 20.6. The van der Waals surface area contributed by atoms with E-state index in [-0.39, 0.29) is 6.61 Å². The highest BCUT2D eigenvalue weighted by Gasteiger charge is 2.36. The van der Waals surface area contributed by atoms with Gasteiger partial charge in [0.15, 0.2) is 0 Å². The van der Waals surface area contributed by atoms with E-state index < -0.39 is 11.8 Å². The maximum absolute atomic E-state index is 12.1. The van der Waals surface area contributed by atoms with Crippen LogP contribution in [0.25, 0.3) is 0 Å². The Balaban J connectivity index is 0.000000239. The molecule has 0 unspecified atom stereocenters. The van der Waals surface area contributed by atoms with Crippen molar-refractivity contribution in [2.24, 2.45) is 0 Å². The maximum Gasteiger partial charge on any atom is 0.285 e. The summed E-state index contributed by atoms with van der Waals surface area (Å²) in [7, 11) is 0. The first-order valence-corrected chi connectivity index (χ1v) is 10.1. The molecule has 0 atom stereocenters. The first-order chi connectivity index (χ1) is 15.1. The third-order valence-electron chi connectivity index (χ3n) is 4.92. The molecule has 2 aliphatic rings. The number of amides is 2. The normalized spacial score (nSPS) is 13.4. The van der Waals surface area contributed by atoms with Gasteiger partial charge in [0.25, 0.3) is 11.8 Å². The molecule has 3 aromatic rings. The van der Waals surface area contributed by atoms with Crippen molar-refractivity contribution in [2.75, 3.05) is 13.2 Å². The van der Waals surface area contributed by atoms with E-state index >= 15 is 0 Å². The minimum Gasteiger partial charge on any atom is -0.493 e. The number of fused-ring (bicyclic) bond motifs is 3. The van der Waals surface area contributed by atoms with Gasteiger partial charge < -0.3 is 9.47 Å². The number of aryl methyl sites for hydroxylation is 1. The van der Waals surface area contributed by atoms with Crippen molar-refractivity contribution in [3.63, 3.8) is 0 Å². The lowest BCUT2D eigenvalue weighted by Crippen LogP contribution is -2.30. The van der Waals surface area contributed by atoms with Gasteiger partial charge in [-0.2, -0.15) is 0 Å². The molecular formula is C25H23NO5. The molecule has 0 aromatic heterocycles. The highest BCUT2D eigenvalue weighted by atomic mass is 16.7. The zero-order valence-corrected chi connectivity index (χ0v) is 17.2. The highest BCUT2D eigenvalue weighted by molar-refractivity contribution is 6.20. The summed E-state index contributed by atoms with van der Waals surface area (Å²) in [5, 5.41) is 0.832. The molecule has 0 spiro atoms. The summed E-state index contributed by atoms with van der Waals surface area (Å²) in [6.07, 6.45) is 0.571. The Labute approximate surface area is 180 Å².